The summed E-state index contributed by atoms with van der Waals surface area (Å²) in [6.07, 6.45) is 1.21. The molecule has 1 aliphatic rings. The molecule has 0 aliphatic carbocycles. The average Bonchev–Trinajstić information content (AvgIpc) is 1.97. The van der Waals surface area contributed by atoms with Gasteiger partial charge >= 0.3 is 0 Å². The van der Waals surface area contributed by atoms with Crippen LogP contribution < -0.4 is 0 Å². The third kappa shape index (κ3) is 2.37. The number of aliphatic hydroxyl groups is 1. The van der Waals surface area contributed by atoms with Gasteiger partial charge in [0.05, 0.1) is 6.61 Å². The highest BCUT2D eigenvalue weighted by molar-refractivity contribution is 6.35. The highest BCUT2D eigenvalue weighted by atomic mass is 16.6. The first kappa shape index (κ1) is 7.10. The summed E-state index contributed by atoms with van der Waals surface area (Å²) >= 11 is 0. The second kappa shape index (κ2) is 3.23. The van der Waals surface area contributed by atoms with Crippen LogP contribution in [0.2, 0.25) is 12.6 Å². The summed E-state index contributed by atoms with van der Waals surface area (Å²) in [4.78, 5) is 0. The first-order valence-electron chi connectivity index (χ1n) is 3.40. The zero-order chi connectivity index (χ0) is 6.69. The Morgan fingerprint density at radius 2 is 2.33 bits per heavy atom. The number of ether oxygens (including phenoxy) is 1. The van der Waals surface area contributed by atoms with Crippen LogP contribution in [0.15, 0.2) is 0 Å². The van der Waals surface area contributed by atoms with Gasteiger partial charge in [0.15, 0.2) is 0 Å². The normalized spacial score (nSPS) is 37.1. The molecule has 1 rings (SSSR count). The summed E-state index contributed by atoms with van der Waals surface area (Å²) in [5, 5.41) is 8.95. The maximum Gasteiger partial charge on any atom is 0.147 e. The molecule has 1 N–H and O–H groups in total. The molecule has 2 atom stereocenters. The fraction of sp³-hybridized carbons (Fsp3) is 1.00. The monoisotopic (exact) mass is 127 g/mol. The number of hydrogen-bond acceptors (Lipinski definition) is 2. The highest BCUT2D eigenvalue weighted by Gasteiger charge is 2.13. The molecule has 1 heterocycles. The second-order valence-electron chi connectivity index (χ2n) is 2.65. The molecule has 3 heteroatoms. The SMILES string of the molecule is CC1C[B]CC(O)OC1. The molecule has 1 aliphatic heterocycles. The Balaban J connectivity index is 2.25. The molecule has 0 aromatic heterocycles. The van der Waals surface area contributed by atoms with E-state index in [2.05, 4.69) is 14.2 Å². The molecule has 0 saturated carbocycles. The second-order valence-corrected chi connectivity index (χ2v) is 2.65. The van der Waals surface area contributed by atoms with Gasteiger partial charge in [-0.05, 0) is 12.2 Å². The van der Waals surface area contributed by atoms with Crippen LogP contribution in [-0.2, 0) is 4.74 Å². The van der Waals surface area contributed by atoms with Crippen LogP contribution in [0, 0.1) is 5.92 Å². The largest absolute Gasteiger partial charge is 0.369 e. The summed E-state index contributed by atoms with van der Waals surface area (Å²) in [6.45, 7) is 2.81. The number of rotatable bonds is 0. The topological polar surface area (TPSA) is 29.5 Å². The van der Waals surface area contributed by atoms with Gasteiger partial charge in [-0.2, -0.15) is 0 Å². The molecule has 9 heavy (non-hydrogen) atoms. The van der Waals surface area contributed by atoms with Crippen molar-refractivity contribution in [3.05, 3.63) is 0 Å². The van der Waals surface area contributed by atoms with Gasteiger partial charge in [0.25, 0.3) is 0 Å². The van der Waals surface area contributed by atoms with Crippen molar-refractivity contribution in [3.63, 3.8) is 0 Å². The van der Waals surface area contributed by atoms with Crippen LogP contribution in [-0.4, -0.2) is 25.3 Å². The first-order chi connectivity index (χ1) is 4.29. The van der Waals surface area contributed by atoms with Gasteiger partial charge in [0.1, 0.15) is 13.6 Å². The van der Waals surface area contributed by atoms with E-state index >= 15 is 0 Å². The van der Waals surface area contributed by atoms with E-state index in [1.807, 2.05) is 0 Å². The molecule has 1 saturated heterocycles. The summed E-state index contributed by atoms with van der Waals surface area (Å²) in [5.74, 6) is 0.571. The van der Waals surface area contributed by atoms with Crippen molar-refractivity contribution in [2.45, 2.75) is 25.9 Å². The van der Waals surface area contributed by atoms with E-state index in [-0.39, 0.29) is 0 Å². The average molecular weight is 127 g/mol. The van der Waals surface area contributed by atoms with Crippen molar-refractivity contribution in [1.82, 2.24) is 0 Å². The standard InChI is InChI=1S/C6H12BO2/c1-5-2-7-3-6(8)9-4-5/h5-6,8H,2-4H2,1H3. The molecule has 1 radical (unpaired) electrons. The molecular weight excluding hydrogens is 115 g/mol. The minimum Gasteiger partial charge on any atom is -0.369 e. The minimum absolute atomic E-state index is 0.546. The maximum absolute atomic E-state index is 8.95. The van der Waals surface area contributed by atoms with Crippen LogP contribution in [0.25, 0.3) is 0 Å². The lowest BCUT2D eigenvalue weighted by atomic mass is 9.68. The highest BCUT2D eigenvalue weighted by Crippen LogP contribution is 2.11. The van der Waals surface area contributed by atoms with Gasteiger partial charge in [-0.3, -0.25) is 0 Å². The molecule has 1 fully saturated rings. The summed E-state index contributed by atoms with van der Waals surface area (Å²) < 4.78 is 5.04. The quantitative estimate of drug-likeness (QED) is 0.480. The van der Waals surface area contributed by atoms with E-state index in [0.717, 1.165) is 6.32 Å². The van der Waals surface area contributed by atoms with E-state index in [4.69, 9.17) is 9.84 Å². The van der Waals surface area contributed by atoms with Crippen LogP contribution in [0.1, 0.15) is 6.92 Å². The van der Waals surface area contributed by atoms with Gasteiger partial charge in [-0.25, -0.2) is 0 Å². The number of aliphatic hydroxyl groups excluding tert-OH is 1. The molecular formula is C6H12BO2. The number of hydrogen-bond donors (Lipinski definition) is 1. The maximum atomic E-state index is 8.95. The summed E-state index contributed by atoms with van der Waals surface area (Å²) in [6, 6.07) is 0. The Labute approximate surface area is 56.5 Å². The van der Waals surface area contributed by atoms with Crippen molar-refractivity contribution >= 4 is 7.28 Å². The van der Waals surface area contributed by atoms with Gasteiger partial charge in [0.2, 0.25) is 0 Å². The van der Waals surface area contributed by atoms with Gasteiger partial charge < -0.3 is 9.84 Å². The Kier molecular flexibility index (Phi) is 2.55. The van der Waals surface area contributed by atoms with Crippen LogP contribution >= 0.6 is 0 Å². The molecule has 0 bridgehead atoms. The lowest BCUT2D eigenvalue weighted by molar-refractivity contribution is -0.0894. The summed E-state index contributed by atoms with van der Waals surface area (Å²) in [7, 11) is 2.09. The van der Waals surface area contributed by atoms with Crippen molar-refractivity contribution in [1.29, 1.82) is 0 Å². The van der Waals surface area contributed by atoms with Crippen molar-refractivity contribution < 1.29 is 9.84 Å². The van der Waals surface area contributed by atoms with Crippen molar-refractivity contribution in [3.8, 4) is 0 Å². The molecule has 51 valence electrons. The Bertz CT molecular complexity index is 77.1. The molecule has 2 nitrogen and oxygen atoms in total. The Morgan fingerprint density at radius 1 is 1.56 bits per heavy atom. The van der Waals surface area contributed by atoms with Crippen LogP contribution in [0.5, 0.6) is 0 Å². The molecule has 0 aromatic rings. The molecule has 0 aromatic carbocycles. The van der Waals surface area contributed by atoms with Crippen LogP contribution in [0.3, 0.4) is 0 Å². The smallest absolute Gasteiger partial charge is 0.147 e. The predicted molar refractivity (Wildman–Crippen MR) is 36.5 cm³/mol. The van der Waals surface area contributed by atoms with E-state index in [1.165, 1.54) is 0 Å². The predicted octanol–water partition coefficient (Wildman–Crippen LogP) is 0.512. The lowest BCUT2D eigenvalue weighted by Gasteiger charge is -2.07. The summed E-state index contributed by atoms with van der Waals surface area (Å²) in [5.41, 5.74) is 0. The molecule has 0 amide bonds. The molecule has 0 spiro atoms. The zero-order valence-electron chi connectivity index (χ0n) is 5.71. The Morgan fingerprint density at radius 3 is 3.11 bits per heavy atom. The first-order valence-corrected chi connectivity index (χ1v) is 3.40. The van der Waals surface area contributed by atoms with Gasteiger partial charge in [-0.1, -0.05) is 13.2 Å². The third-order valence-electron chi connectivity index (χ3n) is 1.51. The van der Waals surface area contributed by atoms with E-state index in [0.29, 0.717) is 18.8 Å². The van der Waals surface area contributed by atoms with Crippen molar-refractivity contribution in [2.24, 2.45) is 5.92 Å². The van der Waals surface area contributed by atoms with Crippen LogP contribution in [0.4, 0.5) is 0 Å². The van der Waals surface area contributed by atoms with Crippen molar-refractivity contribution in [2.75, 3.05) is 6.61 Å². The lowest BCUT2D eigenvalue weighted by Crippen LogP contribution is -2.11. The van der Waals surface area contributed by atoms with Gasteiger partial charge in [0, 0.05) is 0 Å². The molecule has 2 unspecified atom stereocenters. The van der Waals surface area contributed by atoms with E-state index < -0.39 is 6.29 Å². The minimum atomic E-state index is -0.546. The zero-order valence-corrected chi connectivity index (χ0v) is 5.71. The Hall–Kier alpha value is -0.0151. The van der Waals surface area contributed by atoms with E-state index in [9.17, 15) is 0 Å². The van der Waals surface area contributed by atoms with Gasteiger partial charge in [-0.15, -0.1) is 0 Å². The fourth-order valence-electron chi connectivity index (χ4n) is 0.935. The fourth-order valence-corrected chi connectivity index (χ4v) is 0.935. The van der Waals surface area contributed by atoms with E-state index in [1.54, 1.807) is 0 Å². The third-order valence-corrected chi connectivity index (χ3v) is 1.51.